The van der Waals surface area contributed by atoms with E-state index in [-0.39, 0.29) is 0 Å². The SMILES string of the molecule is CCOCCCCO[C]=O. The van der Waals surface area contributed by atoms with E-state index in [1.807, 2.05) is 6.92 Å². The lowest BCUT2D eigenvalue weighted by molar-refractivity contribution is 0.137. The Morgan fingerprint density at radius 3 is 2.60 bits per heavy atom. The summed E-state index contributed by atoms with van der Waals surface area (Å²) in [6.45, 7) is 5.28. The topological polar surface area (TPSA) is 35.5 Å². The Balaban J connectivity index is 2.70. The van der Waals surface area contributed by atoms with Gasteiger partial charge in [0.2, 0.25) is 0 Å². The van der Waals surface area contributed by atoms with E-state index in [0.717, 1.165) is 26.1 Å². The fourth-order valence-corrected chi connectivity index (χ4v) is 0.564. The fraction of sp³-hybridized carbons (Fsp3) is 0.857. The van der Waals surface area contributed by atoms with E-state index in [1.165, 1.54) is 6.47 Å². The minimum absolute atomic E-state index is 0.455. The van der Waals surface area contributed by atoms with Crippen LogP contribution in [0.1, 0.15) is 19.8 Å². The number of hydrogen-bond donors (Lipinski definition) is 0. The van der Waals surface area contributed by atoms with Gasteiger partial charge in [-0.05, 0) is 19.8 Å². The zero-order valence-corrected chi connectivity index (χ0v) is 6.26. The van der Waals surface area contributed by atoms with Crippen molar-refractivity contribution >= 4 is 6.47 Å². The van der Waals surface area contributed by atoms with Gasteiger partial charge in [0.25, 0.3) is 0 Å². The van der Waals surface area contributed by atoms with Crippen LogP contribution in [0, 0.1) is 0 Å². The van der Waals surface area contributed by atoms with Crippen molar-refractivity contribution in [1.29, 1.82) is 0 Å². The summed E-state index contributed by atoms with van der Waals surface area (Å²) in [6, 6.07) is 0. The molecule has 0 N–H and O–H groups in total. The molecular weight excluding hydrogens is 132 g/mol. The third-order valence-corrected chi connectivity index (χ3v) is 1.05. The van der Waals surface area contributed by atoms with E-state index in [4.69, 9.17) is 4.74 Å². The molecule has 0 heterocycles. The molecule has 3 nitrogen and oxygen atoms in total. The highest BCUT2D eigenvalue weighted by molar-refractivity contribution is 5.37. The maximum absolute atomic E-state index is 9.52. The molecule has 0 aromatic rings. The second-order valence-electron chi connectivity index (χ2n) is 1.84. The summed E-state index contributed by atoms with van der Waals surface area (Å²) in [7, 11) is 0. The monoisotopic (exact) mass is 145 g/mol. The Bertz CT molecular complexity index is 73.3. The van der Waals surface area contributed by atoms with Gasteiger partial charge in [-0.2, -0.15) is 0 Å². The van der Waals surface area contributed by atoms with E-state index >= 15 is 0 Å². The molecule has 0 atom stereocenters. The van der Waals surface area contributed by atoms with Crippen molar-refractivity contribution in [2.75, 3.05) is 19.8 Å². The maximum Gasteiger partial charge on any atom is 0.417 e. The minimum Gasteiger partial charge on any atom is -0.457 e. The molecule has 1 radical (unpaired) electrons. The van der Waals surface area contributed by atoms with E-state index in [9.17, 15) is 4.79 Å². The molecule has 0 aromatic carbocycles. The van der Waals surface area contributed by atoms with E-state index in [2.05, 4.69) is 4.74 Å². The van der Waals surface area contributed by atoms with E-state index in [0.29, 0.717) is 6.61 Å². The number of unbranched alkanes of at least 4 members (excludes halogenated alkanes) is 1. The highest BCUT2D eigenvalue weighted by Gasteiger charge is 1.87. The molecule has 0 aliphatic carbocycles. The Labute approximate surface area is 61.3 Å². The van der Waals surface area contributed by atoms with E-state index in [1.54, 1.807) is 0 Å². The lowest BCUT2D eigenvalue weighted by Gasteiger charge is -1.98. The van der Waals surface area contributed by atoms with Gasteiger partial charge in [0.1, 0.15) is 0 Å². The standard InChI is InChI=1S/C7H13O3/c1-2-9-5-3-4-6-10-7-8/h2-6H2,1H3. The second-order valence-corrected chi connectivity index (χ2v) is 1.84. The van der Waals surface area contributed by atoms with Gasteiger partial charge in [-0.25, -0.2) is 4.79 Å². The van der Waals surface area contributed by atoms with Crippen molar-refractivity contribution in [2.45, 2.75) is 19.8 Å². The first kappa shape index (κ1) is 9.43. The molecule has 0 saturated carbocycles. The van der Waals surface area contributed by atoms with Gasteiger partial charge < -0.3 is 9.47 Å². The van der Waals surface area contributed by atoms with Gasteiger partial charge >= 0.3 is 6.47 Å². The zero-order chi connectivity index (χ0) is 7.66. The second kappa shape index (κ2) is 8.43. The van der Waals surface area contributed by atoms with Crippen molar-refractivity contribution in [2.24, 2.45) is 0 Å². The van der Waals surface area contributed by atoms with E-state index < -0.39 is 0 Å². The van der Waals surface area contributed by atoms with Gasteiger partial charge in [-0.3, -0.25) is 0 Å². The van der Waals surface area contributed by atoms with Crippen molar-refractivity contribution in [1.82, 2.24) is 0 Å². The number of rotatable bonds is 7. The van der Waals surface area contributed by atoms with Crippen LogP contribution in [-0.2, 0) is 14.3 Å². The summed E-state index contributed by atoms with van der Waals surface area (Å²) in [4.78, 5) is 9.52. The lowest BCUT2D eigenvalue weighted by Crippen LogP contribution is -1.97. The Kier molecular flexibility index (Phi) is 7.95. The summed E-state index contributed by atoms with van der Waals surface area (Å²) in [5.41, 5.74) is 0. The molecule has 0 aliphatic rings. The molecule has 0 spiro atoms. The van der Waals surface area contributed by atoms with Crippen LogP contribution in [0.15, 0.2) is 0 Å². The number of carbonyl (C=O) groups excluding carboxylic acids is 1. The highest BCUT2D eigenvalue weighted by Crippen LogP contribution is 1.89. The molecule has 0 aromatic heterocycles. The summed E-state index contributed by atoms with van der Waals surface area (Å²) < 4.78 is 9.41. The largest absolute Gasteiger partial charge is 0.457 e. The van der Waals surface area contributed by atoms with Crippen molar-refractivity contribution in [3.05, 3.63) is 0 Å². The first-order valence-corrected chi connectivity index (χ1v) is 3.48. The summed E-state index contributed by atoms with van der Waals surface area (Å²) in [6.07, 6.45) is 1.80. The highest BCUT2D eigenvalue weighted by atomic mass is 16.5. The van der Waals surface area contributed by atoms with Crippen LogP contribution in [-0.4, -0.2) is 26.3 Å². The predicted molar refractivity (Wildman–Crippen MR) is 37.4 cm³/mol. The van der Waals surface area contributed by atoms with Crippen LogP contribution >= 0.6 is 0 Å². The van der Waals surface area contributed by atoms with Crippen molar-refractivity contribution in [3.8, 4) is 0 Å². The van der Waals surface area contributed by atoms with Crippen molar-refractivity contribution < 1.29 is 14.3 Å². The smallest absolute Gasteiger partial charge is 0.417 e. The molecule has 0 saturated heterocycles. The zero-order valence-electron chi connectivity index (χ0n) is 6.26. The molecule has 0 unspecified atom stereocenters. The summed E-state index contributed by atoms with van der Waals surface area (Å²) in [5, 5.41) is 0. The Morgan fingerprint density at radius 1 is 1.30 bits per heavy atom. The van der Waals surface area contributed by atoms with Crippen LogP contribution < -0.4 is 0 Å². The summed E-state index contributed by atoms with van der Waals surface area (Å²) in [5.74, 6) is 0. The van der Waals surface area contributed by atoms with Gasteiger partial charge in [0, 0.05) is 13.2 Å². The average molecular weight is 145 g/mol. The van der Waals surface area contributed by atoms with Crippen molar-refractivity contribution in [3.63, 3.8) is 0 Å². The summed E-state index contributed by atoms with van der Waals surface area (Å²) >= 11 is 0. The normalized spacial score (nSPS) is 9.30. The van der Waals surface area contributed by atoms with Crippen LogP contribution in [0.2, 0.25) is 0 Å². The lowest BCUT2D eigenvalue weighted by atomic mass is 10.3. The quantitative estimate of drug-likeness (QED) is 0.499. The number of ether oxygens (including phenoxy) is 2. The fourth-order valence-electron chi connectivity index (χ4n) is 0.564. The van der Waals surface area contributed by atoms with Gasteiger partial charge in [-0.15, -0.1) is 0 Å². The number of hydrogen-bond acceptors (Lipinski definition) is 3. The molecular formula is C7H13O3. The first-order chi connectivity index (χ1) is 4.91. The molecule has 0 bridgehead atoms. The molecule has 10 heavy (non-hydrogen) atoms. The minimum atomic E-state index is 0.455. The van der Waals surface area contributed by atoms with Crippen LogP contribution in [0.3, 0.4) is 0 Å². The molecule has 0 rings (SSSR count). The van der Waals surface area contributed by atoms with Gasteiger partial charge in [0.15, 0.2) is 0 Å². The molecule has 0 amide bonds. The Morgan fingerprint density at radius 2 is 2.00 bits per heavy atom. The van der Waals surface area contributed by atoms with Gasteiger partial charge in [0.05, 0.1) is 6.61 Å². The third-order valence-electron chi connectivity index (χ3n) is 1.05. The average Bonchev–Trinajstić information content (AvgIpc) is 1.97. The molecule has 0 aliphatic heterocycles. The molecule has 59 valence electrons. The first-order valence-electron chi connectivity index (χ1n) is 3.48. The third kappa shape index (κ3) is 7.43. The van der Waals surface area contributed by atoms with Crippen LogP contribution in [0.25, 0.3) is 0 Å². The Hall–Kier alpha value is -0.570. The molecule has 3 heteroatoms. The maximum atomic E-state index is 9.52. The van der Waals surface area contributed by atoms with Gasteiger partial charge in [-0.1, -0.05) is 0 Å². The molecule has 0 fully saturated rings. The predicted octanol–water partition coefficient (Wildman–Crippen LogP) is 0.887. The van der Waals surface area contributed by atoms with Crippen LogP contribution in [0.5, 0.6) is 0 Å². The van der Waals surface area contributed by atoms with Crippen LogP contribution in [0.4, 0.5) is 0 Å².